The van der Waals surface area contributed by atoms with E-state index in [1.54, 1.807) is 0 Å². The zero-order valence-corrected chi connectivity index (χ0v) is 14.3. The highest BCUT2D eigenvalue weighted by molar-refractivity contribution is 6.74. The van der Waals surface area contributed by atoms with Gasteiger partial charge in [0.2, 0.25) is 0 Å². The van der Waals surface area contributed by atoms with Crippen molar-refractivity contribution < 1.29 is 14.3 Å². The van der Waals surface area contributed by atoms with Gasteiger partial charge in [0.05, 0.1) is 6.10 Å². The zero-order chi connectivity index (χ0) is 14.4. The highest BCUT2D eigenvalue weighted by Gasteiger charge is 2.48. The molecule has 3 nitrogen and oxygen atoms in total. The van der Waals surface area contributed by atoms with Gasteiger partial charge in [-0.3, -0.25) is 0 Å². The van der Waals surface area contributed by atoms with Crippen molar-refractivity contribution in [1.29, 1.82) is 0 Å². The van der Waals surface area contributed by atoms with E-state index in [1.807, 2.05) is 0 Å². The minimum absolute atomic E-state index is 0.262. The molecule has 1 unspecified atom stereocenters. The molecule has 1 N–H and O–H groups in total. The number of hydrogen-bond donors (Lipinski definition) is 1. The summed E-state index contributed by atoms with van der Waals surface area (Å²) in [6, 6.07) is 0. The van der Waals surface area contributed by atoms with Crippen molar-refractivity contribution in [1.82, 2.24) is 0 Å². The predicted octanol–water partition coefficient (Wildman–Crippen LogP) is 3.39. The Bertz CT molecular complexity index is 324. The number of hydrogen-bond acceptors (Lipinski definition) is 3. The monoisotopic (exact) mass is 286 g/mol. The summed E-state index contributed by atoms with van der Waals surface area (Å²) in [5, 5.41) is 9.91. The lowest BCUT2D eigenvalue weighted by Crippen LogP contribution is -2.42. The quantitative estimate of drug-likeness (QED) is 0.808. The van der Waals surface area contributed by atoms with E-state index < -0.39 is 14.6 Å². The number of aliphatic hydroxyl groups is 1. The molecule has 0 amide bonds. The fourth-order valence-corrected chi connectivity index (χ4v) is 4.24. The summed E-state index contributed by atoms with van der Waals surface area (Å²) in [7, 11) is -1.67. The molecule has 1 heterocycles. The molecule has 19 heavy (non-hydrogen) atoms. The third kappa shape index (κ3) is 3.07. The van der Waals surface area contributed by atoms with E-state index in [-0.39, 0.29) is 11.1 Å². The summed E-state index contributed by atoms with van der Waals surface area (Å²) >= 11 is 0. The van der Waals surface area contributed by atoms with Crippen LogP contribution in [0.25, 0.3) is 0 Å². The Morgan fingerprint density at radius 3 is 2.47 bits per heavy atom. The highest BCUT2D eigenvalue weighted by atomic mass is 28.4. The van der Waals surface area contributed by atoms with Gasteiger partial charge in [0.1, 0.15) is 0 Å². The Labute approximate surface area is 118 Å². The zero-order valence-electron chi connectivity index (χ0n) is 13.3. The number of rotatable bonds is 3. The number of fused-ring (bicyclic) bond motifs is 1. The second-order valence-corrected chi connectivity index (χ2v) is 12.8. The third-order valence-electron chi connectivity index (χ3n) is 5.61. The van der Waals surface area contributed by atoms with Crippen LogP contribution in [0.3, 0.4) is 0 Å². The Kier molecular flexibility index (Phi) is 4.18. The molecule has 1 aliphatic heterocycles. The van der Waals surface area contributed by atoms with Gasteiger partial charge in [-0.15, -0.1) is 0 Å². The molecule has 1 saturated carbocycles. The molecule has 0 aromatic heterocycles. The van der Waals surface area contributed by atoms with Gasteiger partial charge in [-0.25, -0.2) is 0 Å². The normalized spacial score (nSPS) is 39.6. The number of aliphatic hydroxyl groups excluding tert-OH is 1. The van der Waals surface area contributed by atoms with Crippen LogP contribution in [-0.2, 0) is 9.16 Å². The summed E-state index contributed by atoms with van der Waals surface area (Å²) in [5.74, 6) is 1.69. The molecule has 112 valence electrons. The van der Waals surface area contributed by atoms with Gasteiger partial charge in [-0.2, -0.15) is 0 Å². The summed E-state index contributed by atoms with van der Waals surface area (Å²) < 4.78 is 12.0. The average molecular weight is 286 g/mol. The molecular weight excluding hydrogens is 256 g/mol. The van der Waals surface area contributed by atoms with Crippen LogP contribution < -0.4 is 0 Å². The first kappa shape index (κ1) is 15.5. The molecule has 0 aromatic carbocycles. The Morgan fingerprint density at radius 2 is 1.89 bits per heavy atom. The van der Waals surface area contributed by atoms with E-state index in [0.29, 0.717) is 17.8 Å². The van der Waals surface area contributed by atoms with E-state index in [1.165, 1.54) is 0 Å². The van der Waals surface area contributed by atoms with Crippen molar-refractivity contribution >= 4 is 8.32 Å². The molecule has 0 bridgehead atoms. The summed E-state index contributed by atoms with van der Waals surface area (Å²) in [5.41, 5.74) is 0. The molecule has 0 radical (unpaired) electrons. The number of ether oxygens (including phenoxy) is 1. The lowest BCUT2D eigenvalue weighted by molar-refractivity contribution is -0.0922. The van der Waals surface area contributed by atoms with Crippen LogP contribution in [0.15, 0.2) is 0 Å². The van der Waals surface area contributed by atoms with Crippen LogP contribution in [-0.4, -0.2) is 32.4 Å². The van der Waals surface area contributed by atoms with Crippen LogP contribution in [0.2, 0.25) is 18.1 Å². The van der Waals surface area contributed by atoms with E-state index in [2.05, 4.69) is 40.8 Å². The minimum Gasteiger partial charge on any atom is -0.417 e. The van der Waals surface area contributed by atoms with Gasteiger partial charge in [0.15, 0.2) is 14.6 Å². The van der Waals surface area contributed by atoms with E-state index >= 15 is 0 Å². The fourth-order valence-electron chi connectivity index (χ4n) is 3.20. The molecule has 1 aliphatic carbocycles. The lowest BCUT2D eigenvalue weighted by Gasteiger charge is -2.38. The van der Waals surface area contributed by atoms with Crippen LogP contribution in [0.1, 0.15) is 40.5 Å². The third-order valence-corrected chi connectivity index (χ3v) is 10.1. The van der Waals surface area contributed by atoms with Gasteiger partial charge in [-0.1, -0.05) is 27.7 Å². The molecule has 2 aliphatic rings. The maximum Gasteiger partial charge on any atom is 0.191 e. The van der Waals surface area contributed by atoms with Crippen molar-refractivity contribution in [3.05, 3.63) is 0 Å². The Hall–Kier alpha value is 0.0969. The van der Waals surface area contributed by atoms with Crippen molar-refractivity contribution in [3.63, 3.8) is 0 Å². The maximum absolute atomic E-state index is 9.64. The fraction of sp³-hybridized carbons (Fsp3) is 1.00. The van der Waals surface area contributed by atoms with Gasteiger partial charge in [0.25, 0.3) is 0 Å². The Balaban J connectivity index is 1.96. The smallest absolute Gasteiger partial charge is 0.191 e. The SMILES string of the molecule is C[C@@H]1C[C@@H]2OC(O)C[C@@H]2[C@H]1CO[Si](C)(C)C(C)(C)C. The largest absolute Gasteiger partial charge is 0.417 e. The van der Waals surface area contributed by atoms with Crippen molar-refractivity contribution in [3.8, 4) is 0 Å². The summed E-state index contributed by atoms with van der Waals surface area (Å²) in [6.07, 6.45) is 1.59. The molecule has 1 saturated heterocycles. The van der Waals surface area contributed by atoms with Gasteiger partial charge in [0, 0.05) is 13.0 Å². The van der Waals surface area contributed by atoms with E-state index in [0.717, 1.165) is 19.4 Å². The van der Waals surface area contributed by atoms with Crippen LogP contribution in [0, 0.1) is 17.8 Å². The van der Waals surface area contributed by atoms with Crippen molar-refractivity contribution in [2.75, 3.05) is 6.61 Å². The molecule has 5 atom stereocenters. The van der Waals surface area contributed by atoms with E-state index in [9.17, 15) is 5.11 Å². The first-order chi connectivity index (χ1) is 8.62. The van der Waals surface area contributed by atoms with Crippen LogP contribution >= 0.6 is 0 Å². The van der Waals surface area contributed by atoms with Gasteiger partial charge < -0.3 is 14.3 Å². The molecule has 4 heteroatoms. The minimum atomic E-state index is -1.67. The predicted molar refractivity (Wildman–Crippen MR) is 79.4 cm³/mol. The first-order valence-corrected chi connectivity index (χ1v) is 10.5. The second-order valence-electron chi connectivity index (χ2n) is 7.98. The lowest BCUT2D eigenvalue weighted by atomic mass is 9.89. The van der Waals surface area contributed by atoms with Crippen LogP contribution in [0.5, 0.6) is 0 Å². The van der Waals surface area contributed by atoms with E-state index in [4.69, 9.17) is 9.16 Å². The highest BCUT2D eigenvalue weighted by Crippen LogP contribution is 2.47. The molecule has 2 fully saturated rings. The van der Waals surface area contributed by atoms with Gasteiger partial charge in [-0.05, 0) is 42.3 Å². The standard InChI is InChI=1S/C15H30O3Si/c1-10-7-13-11(8-14(16)18-13)12(10)9-17-19(5,6)15(2,3)4/h10-14,16H,7-9H2,1-6H3/t10-,11-,12+,13+,14?/m1/s1. The molecule has 0 spiro atoms. The molecule has 0 aromatic rings. The molecule has 2 rings (SSSR count). The van der Waals surface area contributed by atoms with Crippen LogP contribution in [0.4, 0.5) is 0 Å². The molecular formula is C15H30O3Si. The Morgan fingerprint density at radius 1 is 1.26 bits per heavy atom. The average Bonchev–Trinajstić information content (AvgIpc) is 2.69. The van der Waals surface area contributed by atoms with Crippen molar-refractivity contribution in [2.24, 2.45) is 17.8 Å². The summed E-state index contributed by atoms with van der Waals surface area (Å²) in [4.78, 5) is 0. The van der Waals surface area contributed by atoms with Gasteiger partial charge >= 0.3 is 0 Å². The first-order valence-electron chi connectivity index (χ1n) is 7.59. The van der Waals surface area contributed by atoms with Crippen molar-refractivity contribution in [2.45, 2.75) is 71.1 Å². The second kappa shape index (κ2) is 5.13. The maximum atomic E-state index is 9.64. The summed E-state index contributed by atoms with van der Waals surface area (Å²) in [6.45, 7) is 14.6. The topological polar surface area (TPSA) is 38.7 Å².